The molecule has 0 aliphatic heterocycles. The van der Waals surface area contributed by atoms with E-state index in [4.69, 9.17) is 5.73 Å². The summed E-state index contributed by atoms with van der Waals surface area (Å²) in [5.41, 5.74) is 8.26. The number of aromatic nitrogens is 3. The average Bonchev–Trinajstić information content (AvgIpc) is 2.48. The summed E-state index contributed by atoms with van der Waals surface area (Å²) in [4.78, 5) is 14.8. The van der Waals surface area contributed by atoms with Crippen LogP contribution in [0.5, 0.6) is 0 Å². The number of pyridine rings is 1. The first-order valence-corrected chi connectivity index (χ1v) is 6.99. The number of nitrogens with zero attached hydrogens (tertiary/aromatic N) is 4. The van der Waals surface area contributed by atoms with Crippen LogP contribution < -0.4 is 10.6 Å². The molecule has 2 rings (SSSR count). The highest BCUT2D eigenvalue weighted by Gasteiger charge is 2.14. The van der Waals surface area contributed by atoms with E-state index < -0.39 is 0 Å². The van der Waals surface area contributed by atoms with Crippen molar-refractivity contribution in [1.82, 2.24) is 15.0 Å². The molecule has 0 saturated carbocycles. The highest BCUT2D eigenvalue weighted by Crippen LogP contribution is 2.24. The third-order valence-corrected chi connectivity index (χ3v) is 3.26. The molecule has 0 bridgehead atoms. The SMILES string of the molecule is CCCc1c(N)ncnc1N(CC)Cc1ccncc1. The molecule has 20 heavy (non-hydrogen) atoms. The van der Waals surface area contributed by atoms with Gasteiger partial charge in [0.25, 0.3) is 0 Å². The van der Waals surface area contributed by atoms with E-state index in [0.29, 0.717) is 5.82 Å². The zero-order valence-electron chi connectivity index (χ0n) is 12.1. The lowest BCUT2D eigenvalue weighted by molar-refractivity contribution is 0.788. The predicted octanol–water partition coefficient (Wildman–Crippen LogP) is 2.43. The highest BCUT2D eigenvalue weighted by atomic mass is 15.2. The van der Waals surface area contributed by atoms with Gasteiger partial charge >= 0.3 is 0 Å². The largest absolute Gasteiger partial charge is 0.383 e. The van der Waals surface area contributed by atoms with Gasteiger partial charge in [0.2, 0.25) is 0 Å². The van der Waals surface area contributed by atoms with Crippen LogP contribution in [-0.2, 0) is 13.0 Å². The van der Waals surface area contributed by atoms with Gasteiger partial charge in [0.05, 0.1) is 0 Å². The molecule has 2 aromatic rings. The molecule has 0 aliphatic carbocycles. The van der Waals surface area contributed by atoms with Crippen LogP contribution in [0.1, 0.15) is 31.4 Å². The Bertz CT molecular complexity index is 541. The van der Waals surface area contributed by atoms with E-state index in [2.05, 4.69) is 33.7 Å². The molecule has 0 spiro atoms. The van der Waals surface area contributed by atoms with Gasteiger partial charge in [-0.1, -0.05) is 13.3 Å². The lowest BCUT2D eigenvalue weighted by Crippen LogP contribution is -2.25. The van der Waals surface area contributed by atoms with Gasteiger partial charge in [-0.05, 0) is 31.0 Å². The lowest BCUT2D eigenvalue weighted by atomic mass is 10.1. The van der Waals surface area contributed by atoms with E-state index in [0.717, 1.165) is 37.3 Å². The quantitative estimate of drug-likeness (QED) is 0.874. The van der Waals surface area contributed by atoms with E-state index >= 15 is 0 Å². The summed E-state index contributed by atoms with van der Waals surface area (Å²) in [6.45, 7) is 5.92. The minimum atomic E-state index is 0.588. The van der Waals surface area contributed by atoms with E-state index in [-0.39, 0.29) is 0 Å². The third kappa shape index (κ3) is 3.23. The van der Waals surface area contributed by atoms with E-state index in [1.165, 1.54) is 5.56 Å². The Hall–Kier alpha value is -2.17. The topological polar surface area (TPSA) is 67.9 Å². The van der Waals surface area contributed by atoms with Crippen molar-refractivity contribution in [3.05, 3.63) is 42.0 Å². The molecule has 0 aromatic carbocycles. The molecule has 0 atom stereocenters. The molecule has 0 radical (unpaired) electrons. The Morgan fingerprint density at radius 3 is 2.55 bits per heavy atom. The smallest absolute Gasteiger partial charge is 0.137 e. The van der Waals surface area contributed by atoms with E-state index in [9.17, 15) is 0 Å². The summed E-state index contributed by atoms with van der Waals surface area (Å²) in [5, 5.41) is 0. The Morgan fingerprint density at radius 2 is 1.90 bits per heavy atom. The molecule has 0 fully saturated rings. The minimum absolute atomic E-state index is 0.588. The van der Waals surface area contributed by atoms with Crippen molar-refractivity contribution < 1.29 is 0 Å². The maximum atomic E-state index is 6.01. The van der Waals surface area contributed by atoms with Crippen molar-refractivity contribution in [3.8, 4) is 0 Å². The van der Waals surface area contributed by atoms with Crippen LogP contribution in [0.25, 0.3) is 0 Å². The first-order valence-electron chi connectivity index (χ1n) is 6.99. The van der Waals surface area contributed by atoms with Crippen LogP contribution in [0.3, 0.4) is 0 Å². The van der Waals surface area contributed by atoms with Crippen molar-refractivity contribution >= 4 is 11.6 Å². The van der Waals surface area contributed by atoms with Crippen molar-refractivity contribution in [3.63, 3.8) is 0 Å². The average molecular weight is 271 g/mol. The summed E-state index contributed by atoms with van der Waals surface area (Å²) in [6, 6.07) is 4.04. The molecule has 106 valence electrons. The second kappa shape index (κ2) is 6.84. The number of hydrogen-bond acceptors (Lipinski definition) is 5. The summed E-state index contributed by atoms with van der Waals surface area (Å²) >= 11 is 0. The highest BCUT2D eigenvalue weighted by molar-refractivity contribution is 5.56. The molecule has 5 heteroatoms. The number of rotatable bonds is 6. The van der Waals surface area contributed by atoms with Gasteiger partial charge in [0, 0.05) is 31.0 Å². The Morgan fingerprint density at radius 1 is 1.15 bits per heavy atom. The van der Waals surface area contributed by atoms with Gasteiger partial charge in [-0.15, -0.1) is 0 Å². The van der Waals surface area contributed by atoms with Crippen molar-refractivity contribution in [2.24, 2.45) is 0 Å². The standard InChI is InChI=1S/C15H21N5/c1-3-5-13-14(16)18-11-19-15(13)20(4-2)10-12-6-8-17-9-7-12/h6-9,11H,3-5,10H2,1-2H3,(H2,16,18,19). The molecule has 2 heterocycles. The second-order valence-corrected chi connectivity index (χ2v) is 4.68. The summed E-state index contributed by atoms with van der Waals surface area (Å²) < 4.78 is 0. The maximum Gasteiger partial charge on any atom is 0.137 e. The fourth-order valence-corrected chi connectivity index (χ4v) is 2.22. The van der Waals surface area contributed by atoms with Crippen LogP contribution in [0.15, 0.2) is 30.9 Å². The van der Waals surface area contributed by atoms with Gasteiger partial charge in [0.1, 0.15) is 18.0 Å². The number of nitrogens with two attached hydrogens (primary N) is 1. The lowest BCUT2D eigenvalue weighted by Gasteiger charge is -2.24. The number of anilines is 2. The summed E-state index contributed by atoms with van der Waals surface area (Å²) in [5.74, 6) is 1.53. The molecule has 0 saturated heterocycles. The molecular formula is C15H21N5. The fraction of sp³-hybridized carbons (Fsp3) is 0.400. The van der Waals surface area contributed by atoms with Crippen molar-refractivity contribution in [2.45, 2.75) is 33.2 Å². The third-order valence-electron chi connectivity index (χ3n) is 3.26. The molecule has 2 aromatic heterocycles. The Labute approximate surface area is 119 Å². The van der Waals surface area contributed by atoms with Crippen LogP contribution in [0.2, 0.25) is 0 Å². The first kappa shape index (κ1) is 14.2. The number of nitrogen functional groups attached to an aromatic ring is 1. The predicted molar refractivity (Wildman–Crippen MR) is 81.4 cm³/mol. The summed E-state index contributed by atoms with van der Waals surface area (Å²) in [6.07, 6.45) is 7.08. The maximum absolute atomic E-state index is 6.01. The van der Waals surface area contributed by atoms with Crippen LogP contribution in [0.4, 0.5) is 11.6 Å². The molecule has 5 nitrogen and oxygen atoms in total. The molecule has 0 aliphatic rings. The van der Waals surface area contributed by atoms with Crippen LogP contribution in [0, 0.1) is 0 Å². The van der Waals surface area contributed by atoms with Gasteiger partial charge < -0.3 is 10.6 Å². The first-order chi connectivity index (χ1) is 9.76. The minimum Gasteiger partial charge on any atom is -0.383 e. The van der Waals surface area contributed by atoms with Crippen molar-refractivity contribution in [2.75, 3.05) is 17.2 Å². The second-order valence-electron chi connectivity index (χ2n) is 4.68. The van der Waals surface area contributed by atoms with Crippen LogP contribution >= 0.6 is 0 Å². The Balaban J connectivity index is 2.29. The molecule has 2 N–H and O–H groups in total. The van der Waals surface area contributed by atoms with Crippen molar-refractivity contribution in [1.29, 1.82) is 0 Å². The summed E-state index contributed by atoms with van der Waals surface area (Å²) in [7, 11) is 0. The molecular weight excluding hydrogens is 250 g/mol. The number of hydrogen-bond donors (Lipinski definition) is 1. The Kier molecular flexibility index (Phi) is 4.87. The van der Waals surface area contributed by atoms with Gasteiger partial charge in [-0.25, -0.2) is 9.97 Å². The monoisotopic (exact) mass is 271 g/mol. The fourth-order valence-electron chi connectivity index (χ4n) is 2.22. The molecule has 0 amide bonds. The van der Waals surface area contributed by atoms with Gasteiger partial charge in [-0.3, -0.25) is 4.98 Å². The van der Waals surface area contributed by atoms with Crippen LogP contribution in [-0.4, -0.2) is 21.5 Å². The van der Waals surface area contributed by atoms with E-state index in [1.54, 1.807) is 6.33 Å². The van der Waals surface area contributed by atoms with Gasteiger partial charge in [0.15, 0.2) is 0 Å². The zero-order chi connectivity index (χ0) is 14.4. The molecule has 0 unspecified atom stereocenters. The zero-order valence-corrected chi connectivity index (χ0v) is 12.1. The normalized spacial score (nSPS) is 10.5. The van der Waals surface area contributed by atoms with Gasteiger partial charge in [-0.2, -0.15) is 0 Å². The van der Waals surface area contributed by atoms with E-state index in [1.807, 2.05) is 24.5 Å².